The van der Waals surface area contributed by atoms with Gasteiger partial charge in [0, 0.05) is 31.5 Å². The van der Waals surface area contributed by atoms with Gasteiger partial charge in [-0.2, -0.15) is 0 Å². The van der Waals surface area contributed by atoms with Crippen LogP contribution in [0, 0.1) is 0 Å². The zero-order valence-corrected chi connectivity index (χ0v) is 9.51. The molecule has 1 aliphatic rings. The molecule has 2 nitrogen and oxygen atoms in total. The van der Waals surface area contributed by atoms with Crippen molar-refractivity contribution >= 4 is 11.4 Å². The average molecular weight is 202 g/mol. The normalized spacial score (nSPS) is 13.9. The molecule has 15 heavy (non-hydrogen) atoms. The number of anilines is 2. The zero-order chi connectivity index (χ0) is 10.8. The van der Waals surface area contributed by atoms with E-state index in [0.29, 0.717) is 0 Å². The monoisotopic (exact) mass is 202 g/mol. The van der Waals surface area contributed by atoms with Crippen molar-refractivity contribution in [1.29, 1.82) is 0 Å². The van der Waals surface area contributed by atoms with E-state index in [0.717, 1.165) is 25.1 Å². The molecule has 0 spiro atoms. The predicted molar refractivity (Wildman–Crippen MR) is 66.7 cm³/mol. The largest absolute Gasteiger partial charge is 0.381 e. The summed E-state index contributed by atoms with van der Waals surface area (Å²) in [7, 11) is 2.15. The summed E-state index contributed by atoms with van der Waals surface area (Å²) in [5.74, 6) is 0. The summed E-state index contributed by atoms with van der Waals surface area (Å²) in [4.78, 5) is 2.30. The highest BCUT2D eigenvalue weighted by Crippen LogP contribution is 2.28. The minimum Gasteiger partial charge on any atom is -0.381 e. The Morgan fingerprint density at radius 2 is 2.33 bits per heavy atom. The summed E-state index contributed by atoms with van der Waals surface area (Å²) < 4.78 is 0. The summed E-state index contributed by atoms with van der Waals surface area (Å²) in [5.41, 5.74) is 5.18. The number of rotatable bonds is 3. The second-order valence-corrected chi connectivity index (χ2v) is 4.33. The predicted octanol–water partition coefficient (Wildman–Crippen LogP) is 2.67. The number of hydrogen-bond acceptors (Lipinski definition) is 2. The molecule has 0 saturated carbocycles. The van der Waals surface area contributed by atoms with E-state index < -0.39 is 0 Å². The number of nitrogens with one attached hydrogen (secondary N) is 1. The van der Waals surface area contributed by atoms with E-state index in [1.54, 1.807) is 0 Å². The number of fused-ring (bicyclic) bond motifs is 1. The lowest BCUT2D eigenvalue weighted by Gasteiger charge is -2.12. The number of hydrogen-bond donors (Lipinski definition) is 1. The highest BCUT2D eigenvalue weighted by Gasteiger charge is 2.15. The molecule has 0 aliphatic carbocycles. The Balaban J connectivity index is 2.12. The Morgan fingerprint density at radius 1 is 1.53 bits per heavy atom. The van der Waals surface area contributed by atoms with Crippen molar-refractivity contribution in [3.05, 3.63) is 35.9 Å². The van der Waals surface area contributed by atoms with E-state index in [-0.39, 0.29) is 0 Å². The number of benzene rings is 1. The van der Waals surface area contributed by atoms with Gasteiger partial charge in [-0.1, -0.05) is 12.2 Å². The third-order valence-corrected chi connectivity index (χ3v) is 2.80. The van der Waals surface area contributed by atoms with Crippen molar-refractivity contribution in [3.63, 3.8) is 0 Å². The van der Waals surface area contributed by atoms with Gasteiger partial charge in [0.25, 0.3) is 0 Å². The van der Waals surface area contributed by atoms with Crippen LogP contribution in [0.2, 0.25) is 0 Å². The van der Waals surface area contributed by atoms with Crippen molar-refractivity contribution in [2.45, 2.75) is 13.3 Å². The van der Waals surface area contributed by atoms with E-state index in [9.17, 15) is 0 Å². The molecule has 0 amide bonds. The third-order valence-electron chi connectivity index (χ3n) is 2.80. The van der Waals surface area contributed by atoms with E-state index in [2.05, 4.69) is 42.0 Å². The molecule has 2 heteroatoms. The van der Waals surface area contributed by atoms with Crippen LogP contribution in [-0.4, -0.2) is 20.1 Å². The summed E-state index contributed by atoms with van der Waals surface area (Å²) >= 11 is 0. The Hall–Kier alpha value is -1.44. The van der Waals surface area contributed by atoms with Crippen LogP contribution in [0.3, 0.4) is 0 Å². The van der Waals surface area contributed by atoms with Crippen LogP contribution in [-0.2, 0) is 6.42 Å². The van der Waals surface area contributed by atoms with Gasteiger partial charge in [-0.05, 0) is 37.1 Å². The SMILES string of the molecule is C=C(C)CNc1ccc2c(c1)CCN2C. The van der Waals surface area contributed by atoms with Gasteiger partial charge in [0.15, 0.2) is 0 Å². The molecule has 1 aliphatic heterocycles. The molecule has 1 aromatic carbocycles. The Kier molecular flexibility index (Phi) is 2.67. The van der Waals surface area contributed by atoms with Gasteiger partial charge in [-0.3, -0.25) is 0 Å². The highest BCUT2D eigenvalue weighted by molar-refractivity contribution is 5.63. The zero-order valence-electron chi connectivity index (χ0n) is 9.51. The fourth-order valence-corrected chi connectivity index (χ4v) is 1.93. The number of nitrogens with zero attached hydrogens (tertiary/aromatic N) is 1. The molecule has 1 aromatic rings. The minimum atomic E-state index is 0.856. The molecule has 0 radical (unpaired) electrons. The maximum atomic E-state index is 3.88. The molecular weight excluding hydrogens is 184 g/mol. The first-order valence-electron chi connectivity index (χ1n) is 5.39. The van der Waals surface area contributed by atoms with E-state index >= 15 is 0 Å². The molecule has 1 heterocycles. The minimum absolute atomic E-state index is 0.856. The van der Waals surface area contributed by atoms with Crippen molar-refractivity contribution in [3.8, 4) is 0 Å². The Morgan fingerprint density at radius 3 is 3.07 bits per heavy atom. The topological polar surface area (TPSA) is 15.3 Å². The highest BCUT2D eigenvalue weighted by atomic mass is 15.1. The molecule has 0 aromatic heterocycles. The lowest BCUT2D eigenvalue weighted by molar-refractivity contribution is 0.956. The number of likely N-dealkylation sites (N-methyl/N-ethyl adjacent to an activating group) is 1. The lowest BCUT2D eigenvalue weighted by atomic mass is 10.1. The summed E-state index contributed by atoms with van der Waals surface area (Å²) in [6.45, 7) is 7.91. The molecule has 2 rings (SSSR count). The molecule has 0 fully saturated rings. The van der Waals surface area contributed by atoms with Gasteiger partial charge in [-0.15, -0.1) is 0 Å². The van der Waals surface area contributed by atoms with Crippen LogP contribution in [0.1, 0.15) is 12.5 Å². The molecule has 0 atom stereocenters. The van der Waals surface area contributed by atoms with Gasteiger partial charge in [0.05, 0.1) is 0 Å². The van der Waals surface area contributed by atoms with Gasteiger partial charge in [0.1, 0.15) is 0 Å². The van der Waals surface area contributed by atoms with Crippen LogP contribution in [0.15, 0.2) is 30.4 Å². The first kappa shape index (κ1) is 10.1. The van der Waals surface area contributed by atoms with Gasteiger partial charge in [0.2, 0.25) is 0 Å². The lowest BCUT2D eigenvalue weighted by Crippen LogP contribution is -2.12. The second-order valence-electron chi connectivity index (χ2n) is 4.33. The molecule has 80 valence electrons. The van der Waals surface area contributed by atoms with Crippen molar-refractivity contribution < 1.29 is 0 Å². The summed E-state index contributed by atoms with van der Waals surface area (Å²) in [5, 5.41) is 3.37. The summed E-state index contributed by atoms with van der Waals surface area (Å²) in [6.07, 6.45) is 1.16. The van der Waals surface area contributed by atoms with Gasteiger partial charge < -0.3 is 10.2 Å². The summed E-state index contributed by atoms with van der Waals surface area (Å²) in [6, 6.07) is 6.59. The standard InChI is InChI=1S/C13H18N2/c1-10(2)9-14-12-4-5-13-11(8-12)6-7-15(13)3/h4-5,8,14H,1,6-7,9H2,2-3H3. The first-order chi connectivity index (χ1) is 7.16. The molecule has 0 unspecified atom stereocenters. The van der Waals surface area contributed by atoms with Gasteiger partial charge in [-0.25, -0.2) is 0 Å². The smallest absolute Gasteiger partial charge is 0.0398 e. The third kappa shape index (κ3) is 2.14. The van der Waals surface area contributed by atoms with Crippen molar-refractivity contribution in [2.24, 2.45) is 0 Å². The van der Waals surface area contributed by atoms with Crippen LogP contribution < -0.4 is 10.2 Å². The van der Waals surface area contributed by atoms with Crippen LogP contribution >= 0.6 is 0 Å². The molecular formula is C13H18N2. The Labute approximate surface area is 91.6 Å². The molecule has 0 saturated heterocycles. The second kappa shape index (κ2) is 3.97. The Bertz CT molecular complexity index is 382. The van der Waals surface area contributed by atoms with E-state index in [4.69, 9.17) is 0 Å². The molecule has 0 bridgehead atoms. The fraction of sp³-hybridized carbons (Fsp3) is 0.385. The maximum Gasteiger partial charge on any atom is 0.0398 e. The van der Waals surface area contributed by atoms with E-state index in [1.807, 2.05) is 6.92 Å². The average Bonchev–Trinajstić information content (AvgIpc) is 2.57. The van der Waals surface area contributed by atoms with Crippen LogP contribution in [0.25, 0.3) is 0 Å². The fourth-order valence-electron chi connectivity index (χ4n) is 1.93. The van der Waals surface area contributed by atoms with E-state index in [1.165, 1.54) is 16.9 Å². The quantitative estimate of drug-likeness (QED) is 0.758. The molecule has 1 N–H and O–H groups in total. The van der Waals surface area contributed by atoms with Crippen LogP contribution in [0.5, 0.6) is 0 Å². The van der Waals surface area contributed by atoms with Gasteiger partial charge >= 0.3 is 0 Å². The van der Waals surface area contributed by atoms with Crippen molar-refractivity contribution in [1.82, 2.24) is 0 Å². The first-order valence-corrected chi connectivity index (χ1v) is 5.39. The van der Waals surface area contributed by atoms with Crippen LogP contribution in [0.4, 0.5) is 11.4 Å². The maximum absolute atomic E-state index is 3.88. The van der Waals surface area contributed by atoms with Crippen molar-refractivity contribution in [2.75, 3.05) is 30.4 Å².